The molecule has 3 aromatic rings. The molecule has 2 heterocycles. The van der Waals surface area contributed by atoms with Crippen LogP contribution in [-0.2, 0) is 16.0 Å². The zero-order valence-corrected chi connectivity index (χ0v) is 18.3. The molecule has 0 radical (unpaired) electrons. The molecule has 0 unspecified atom stereocenters. The number of amides is 2. The molecular formula is C28H25FN2O2. The molecule has 0 aliphatic carbocycles. The highest BCUT2D eigenvalue weighted by Gasteiger charge is 2.43. The number of carbonyl (C=O) groups is 2. The van der Waals surface area contributed by atoms with Crippen LogP contribution in [-0.4, -0.2) is 29.8 Å². The molecular weight excluding hydrogens is 415 g/mol. The second-order valence-electron chi connectivity index (χ2n) is 8.61. The Balaban J connectivity index is 1.44. The fourth-order valence-electron chi connectivity index (χ4n) is 4.84. The molecule has 0 N–H and O–H groups in total. The van der Waals surface area contributed by atoms with E-state index in [0.29, 0.717) is 35.8 Å². The average Bonchev–Trinajstić information content (AvgIpc) is 3.11. The van der Waals surface area contributed by atoms with Gasteiger partial charge in [-0.3, -0.25) is 9.59 Å². The van der Waals surface area contributed by atoms with Gasteiger partial charge in [-0.05, 0) is 48.4 Å². The Morgan fingerprint density at radius 2 is 1.36 bits per heavy atom. The molecule has 1 fully saturated rings. The number of rotatable bonds is 5. The molecule has 33 heavy (non-hydrogen) atoms. The van der Waals surface area contributed by atoms with Crippen molar-refractivity contribution in [2.24, 2.45) is 5.92 Å². The summed E-state index contributed by atoms with van der Waals surface area (Å²) in [4.78, 5) is 30.1. The predicted octanol–water partition coefficient (Wildman–Crippen LogP) is 5.06. The fraction of sp³-hybridized carbons (Fsp3) is 0.214. The molecule has 2 amide bonds. The number of likely N-dealkylation sites (tertiary alicyclic amines) is 1. The van der Waals surface area contributed by atoms with Gasteiger partial charge in [-0.2, -0.15) is 0 Å². The largest absolute Gasteiger partial charge is 0.366 e. The van der Waals surface area contributed by atoms with Crippen molar-refractivity contribution in [3.8, 4) is 0 Å². The molecule has 2 aliphatic heterocycles. The van der Waals surface area contributed by atoms with E-state index < -0.39 is 17.6 Å². The average molecular weight is 441 g/mol. The highest BCUT2D eigenvalue weighted by molar-refractivity contribution is 6.45. The van der Waals surface area contributed by atoms with Crippen LogP contribution in [0.5, 0.6) is 0 Å². The maximum atomic E-state index is 14.6. The van der Waals surface area contributed by atoms with Crippen LogP contribution < -0.4 is 4.90 Å². The standard InChI is InChI=1S/C28H25FN2O2/c29-23-13-7-8-14-24(23)31-27(32)25(22-11-5-2-6-12-22)26(28(31)33)30-17-15-21(16-18-30)19-20-9-3-1-4-10-20/h1-14,21H,15-19H2. The number of hydrogen-bond acceptors (Lipinski definition) is 3. The first-order valence-electron chi connectivity index (χ1n) is 11.4. The van der Waals surface area contributed by atoms with Crippen LogP contribution in [0.1, 0.15) is 24.0 Å². The van der Waals surface area contributed by atoms with E-state index in [1.54, 1.807) is 12.1 Å². The quantitative estimate of drug-likeness (QED) is 0.521. The summed E-state index contributed by atoms with van der Waals surface area (Å²) in [6.07, 6.45) is 2.87. The Labute approximate surface area is 193 Å². The van der Waals surface area contributed by atoms with Gasteiger partial charge in [-0.1, -0.05) is 72.8 Å². The van der Waals surface area contributed by atoms with Crippen LogP contribution in [0.2, 0.25) is 0 Å². The number of carbonyl (C=O) groups excluding carboxylic acids is 2. The lowest BCUT2D eigenvalue weighted by Crippen LogP contribution is -2.39. The number of benzene rings is 3. The predicted molar refractivity (Wildman–Crippen MR) is 127 cm³/mol. The molecule has 0 bridgehead atoms. The normalized spacial score (nSPS) is 17.2. The van der Waals surface area contributed by atoms with Crippen molar-refractivity contribution in [2.75, 3.05) is 18.0 Å². The number of para-hydroxylation sites is 1. The zero-order chi connectivity index (χ0) is 22.8. The Bertz CT molecular complexity index is 1200. The van der Waals surface area contributed by atoms with Crippen LogP contribution >= 0.6 is 0 Å². The molecule has 2 aliphatic rings. The highest BCUT2D eigenvalue weighted by atomic mass is 19.1. The Hall–Kier alpha value is -3.73. The third kappa shape index (κ3) is 4.07. The van der Waals surface area contributed by atoms with Gasteiger partial charge in [0, 0.05) is 13.1 Å². The Morgan fingerprint density at radius 3 is 2.03 bits per heavy atom. The molecule has 5 rings (SSSR count). The fourth-order valence-corrected chi connectivity index (χ4v) is 4.84. The Kier molecular flexibility index (Phi) is 5.78. The molecule has 3 aromatic carbocycles. The molecule has 0 spiro atoms. The molecule has 0 atom stereocenters. The molecule has 4 nitrogen and oxygen atoms in total. The third-order valence-corrected chi connectivity index (χ3v) is 6.51. The van der Waals surface area contributed by atoms with Crippen LogP contribution in [0.4, 0.5) is 10.1 Å². The van der Waals surface area contributed by atoms with Crippen molar-refractivity contribution in [3.05, 3.63) is 108 Å². The van der Waals surface area contributed by atoms with Gasteiger partial charge in [0.25, 0.3) is 11.8 Å². The summed E-state index contributed by atoms with van der Waals surface area (Å²) in [6, 6.07) is 25.6. The first-order valence-corrected chi connectivity index (χ1v) is 11.4. The Morgan fingerprint density at radius 1 is 0.758 bits per heavy atom. The first kappa shape index (κ1) is 21.1. The number of imide groups is 1. The smallest absolute Gasteiger partial charge is 0.282 e. The summed E-state index contributed by atoms with van der Waals surface area (Å²) < 4.78 is 14.6. The maximum absolute atomic E-state index is 14.6. The van der Waals surface area contributed by atoms with Gasteiger partial charge < -0.3 is 4.90 Å². The summed E-state index contributed by atoms with van der Waals surface area (Å²) >= 11 is 0. The van der Waals surface area contributed by atoms with Gasteiger partial charge in [0.1, 0.15) is 11.5 Å². The minimum Gasteiger partial charge on any atom is -0.366 e. The van der Waals surface area contributed by atoms with E-state index in [1.165, 1.54) is 17.7 Å². The van der Waals surface area contributed by atoms with Crippen molar-refractivity contribution < 1.29 is 14.0 Å². The minimum atomic E-state index is -0.588. The third-order valence-electron chi connectivity index (χ3n) is 6.51. The topological polar surface area (TPSA) is 40.6 Å². The maximum Gasteiger partial charge on any atom is 0.282 e. The van der Waals surface area contributed by atoms with E-state index in [1.807, 2.05) is 41.3 Å². The molecule has 1 saturated heterocycles. The number of nitrogens with zero attached hydrogens (tertiary/aromatic N) is 2. The van der Waals surface area contributed by atoms with Gasteiger partial charge in [-0.25, -0.2) is 9.29 Å². The number of halogens is 1. The van der Waals surface area contributed by atoms with Crippen molar-refractivity contribution >= 4 is 23.1 Å². The van der Waals surface area contributed by atoms with Crippen molar-refractivity contribution in [1.29, 1.82) is 0 Å². The molecule has 5 heteroatoms. The van der Waals surface area contributed by atoms with Crippen molar-refractivity contribution in [1.82, 2.24) is 4.90 Å². The zero-order valence-electron chi connectivity index (χ0n) is 18.3. The monoisotopic (exact) mass is 440 g/mol. The van der Waals surface area contributed by atoms with E-state index in [4.69, 9.17) is 0 Å². The van der Waals surface area contributed by atoms with Gasteiger partial charge in [0.2, 0.25) is 0 Å². The van der Waals surface area contributed by atoms with Crippen LogP contribution in [0.3, 0.4) is 0 Å². The number of hydrogen-bond donors (Lipinski definition) is 0. The van der Waals surface area contributed by atoms with Gasteiger partial charge in [0.15, 0.2) is 0 Å². The lowest BCUT2D eigenvalue weighted by Gasteiger charge is -2.34. The molecule has 166 valence electrons. The summed E-state index contributed by atoms with van der Waals surface area (Å²) in [6.45, 7) is 1.38. The van der Waals surface area contributed by atoms with E-state index in [9.17, 15) is 14.0 Å². The number of piperidine rings is 1. The lowest BCUT2D eigenvalue weighted by molar-refractivity contribution is -0.120. The van der Waals surface area contributed by atoms with E-state index in [0.717, 1.165) is 24.2 Å². The van der Waals surface area contributed by atoms with Crippen molar-refractivity contribution in [3.63, 3.8) is 0 Å². The van der Waals surface area contributed by atoms with Crippen molar-refractivity contribution in [2.45, 2.75) is 19.3 Å². The summed E-state index contributed by atoms with van der Waals surface area (Å²) in [5, 5.41) is 0. The second kappa shape index (κ2) is 9.02. The lowest BCUT2D eigenvalue weighted by atomic mass is 9.89. The minimum absolute atomic E-state index is 0.00473. The summed E-state index contributed by atoms with van der Waals surface area (Å²) in [5.74, 6) is -0.989. The molecule has 0 aromatic heterocycles. The SMILES string of the molecule is O=C1C(c2ccccc2)=C(N2CCC(Cc3ccccc3)CC2)C(=O)N1c1ccccc1F. The van der Waals surface area contributed by atoms with Crippen LogP contribution in [0.15, 0.2) is 90.6 Å². The van der Waals surface area contributed by atoms with E-state index in [2.05, 4.69) is 24.3 Å². The number of anilines is 1. The van der Waals surface area contributed by atoms with Gasteiger partial charge in [-0.15, -0.1) is 0 Å². The summed E-state index contributed by atoms with van der Waals surface area (Å²) in [7, 11) is 0. The first-order chi connectivity index (χ1) is 16.1. The van der Waals surface area contributed by atoms with Gasteiger partial charge >= 0.3 is 0 Å². The van der Waals surface area contributed by atoms with Crippen LogP contribution in [0.25, 0.3) is 5.57 Å². The van der Waals surface area contributed by atoms with Gasteiger partial charge in [0.05, 0.1) is 11.3 Å². The molecule has 0 saturated carbocycles. The van der Waals surface area contributed by atoms with E-state index >= 15 is 0 Å². The highest BCUT2D eigenvalue weighted by Crippen LogP contribution is 2.37. The van der Waals surface area contributed by atoms with Crippen LogP contribution in [0, 0.1) is 11.7 Å². The summed E-state index contributed by atoms with van der Waals surface area (Å²) in [5.41, 5.74) is 2.72. The van der Waals surface area contributed by atoms with E-state index in [-0.39, 0.29) is 5.69 Å². The second-order valence-corrected chi connectivity index (χ2v) is 8.61.